The van der Waals surface area contributed by atoms with Gasteiger partial charge in [0.05, 0.1) is 0 Å². The zero-order valence-electron chi connectivity index (χ0n) is 19.7. The average molecular weight is 413 g/mol. The van der Waals surface area contributed by atoms with Gasteiger partial charge in [-0.05, 0) is 86.0 Å². The molecule has 0 aromatic rings. The molecule has 29 heavy (non-hydrogen) atoms. The molecule has 0 nitrogen and oxygen atoms in total. The summed E-state index contributed by atoms with van der Waals surface area (Å²) in [6.45, 7) is 14.3. The van der Waals surface area contributed by atoms with Crippen molar-refractivity contribution in [3.05, 3.63) is 35.5 Å². The van der Waals surface area contributed by atoms with E-state index in [1.54, 1.807) is 5.57 Å². The molecule has 3 fully saturated rings. The third kappa shape index (κ3) is 5.36. The van der Waals surface area contributed by atoms with Crippen molar-refractivity contribution in [1.29, 1.82) is 0 Å². The quantitative estimate of drug-likeness (QED) is 0.366. The second kappa shape index (κ2) is 10.1. The molecule has 162 valence electrons. The Morgan fingerprint density at radius 3 is 2.62 bits per heavy atom. The van der Waals surface area contributed by atoms with Gasteiger partial charge in [0.15, 0.2) is 0 Å². The molecule has 0 N–H and O–H groups in total. The molecule has 0 aliphatic heterocycles. The van der Waals surface area contributed by atoms with Gasteiger partial charge in [-0.3, -0.25) is 0 Å². The Hall–Kier alpha value is -0.610. The predicted molar refractivity (Wildman–Crippen MR) is 133 cm³/mol. The van der Waals surface area contributed by atoms with Gasteiger partial charge in [-0.25, -0.2) is 0 Å². The second-order valence-corrected chi connectivity index (χ2v) is 12.1. The normalized spacial score (nSPS) is 36.9. The van der Waals surface area contributed by atoms with E-state index in [-0.39, 0.29) is 0 Å². The van der Waals surface area contributed by atoms with E-state index >= 15 is 0 Å². The van der Waals surface area contributed by atoms with Gasteiger partial charge in [0.2, 0.25) is 0 Å². The zero-order chi connectivity index (χ0) is 21.0. The summed E-state index contributed by atoms with van der Waals surface area (Å²) in [5.41, 5.74) is 5.92. The van der Waals surface area contributed by atoms with Crippen LogP contribution in [0.15, 0.2) is 35.5 Å². The lowest BCUT2D eigenvalue weighted by atomic mass is 9.60. The minimum atomic E-state index is 0.540. The van der Waals surface area contributed by atoms with Gasteiger partial charge >= 0.3 is 0 Å². The average Bonchev–Trinajstić information content (AvgIpc) is 3.04. The maximum absolute atomic E-state index is 4.36. The number of fused-ring (bicyclic) bond motifs is 1. The van der Waals surface area contributed by atoms with Crippen LogP contribution in [0.4, 0.5) is 0 Å². The molecule has 0 saturated heterocycles. The van der Waals surface area contributed by atoms with Crippen molar-refractivity contribution in [2.45, 2.75) is 104 Å². The fourth-order valence-electron chi connectivity index (χ4n) is 6.81. The first kappa shape index (κ1) is 23.1. The number of hydrogen-bond acceptors (Lipinski definition) is 0. The van der Waals surface area contributed by atoms with Crippen molar-refractivity contribution >= 4 is 14.5 Å². The summed E-state index contributed by atoms with van der Waals surface area (Å²) in [7, 11) is 1.31. The van der Waals surface area contributed by atoms with E-state index in [9.17, 15) is 0 Å². The van der Waals surface area contributed by atoms with Crippen molar-refractivity contribution in [2.75, 3.05) is 0 Å². The molecule has 0 bridgehead atoms. The third-order valence-electron chi connectivity index (χ3n) is 8.61. The standard InChI is InChI=1S/C28H45P/c1-20(2)9-7-10-22(4)26-16-17-27-23(11-8-18-28(26,27)5)13-14-24-19-25(29-6)15-12-21(24)3/h13-14,20,22,25-27H,3,6-12,15-19H2,1-2,4-5H3/b23-13+,24-14-. The lowest BCUT2D eigenvalue weighted by Gasteiger charge is -2.44. The highest BCUT2D eigenvalue weighted by Gasteiger charge is 2.50. The summed E-state index contributed by atoms with van der Waals surface area (Å²) >= 11 is 0. The van der Waals surface area contributed by atoms with Gasteiger partial charge in [-0.2, -0.15) is 0 Å². The predicted octanol–water partition coefficient (Wildman–Crippen LogP) is 9.00. The van der Waals surface area contributed by atoms with Gasteiger partial charge in [-0.15, -0.1) is 8.20 Å². The molecule has 3 aliphatic carbocycles. The Morgan fingerprint density at radius 1 is 1.10 bits per heavy atom. The van der Waals surface area contributed by atoms with Crippen LogP contribution in [0, 0.1) is 29.1 Å². The molecule has 1 heteroatoms. The van der Waals surface area contributed by atoms with E-state index in [0.717, 1.165) is 29.3 Å². The van der Waals surface area contributed by atoms with Crippen LogP contribution in [-0.4, -0.2) is 12.0 Å². The van der Waals surface area contributed by atoms with Crippen LogP contribution in [-0.2, 0) is 0 Å². The molecule has 0 amide bonds. The van der Waals surface area contributed by atoms with Crippen molar-refractivity contribution in [3.8, 4) is 0 Å². The summed E-state index contributed by atoms with van der Waals surface area (Å²) in [6, 6.07) is 0. The molecular weight excluding hydrogens is 367 g/mol. The van der Waals surface area contributed by atoms with Crippen molar-refractivity contribution in [2.24, 2.45) is 29.1 Å². The van der Waals surface area contributed by atoms with Crippen LogP contribution in [0.1, 0.15) is 98.3 Å². The van der Waals surface area contributed by atoms with Crippen LogP contribution < -0.4 is 0 Å². The van der Waals surface area contributed by atoms with Crippen molar-refractivity contribution in [1.82, 2.24) is 0 Å². The third-order valence-corrected chi connectivity index (χ3v) is 9.57. The summed E-state index contributed by atoms with van der Waals surface area (Å²) in [5, 5.41) is 0. The minimum absolute atomic E-state index is 0.540. The summed E-state index contributed by atoms with van der Waals surface area (Å²) in [6.07, 6.45) is 24.0. The Bertz CT molecular complexity index is 651. The van der Waals surface area contributed by atoms with Gasteiger partial charge in [0.1, 0.15) is 0 Å². The zero-order valence-corrected chi connectivity index (χ0v) is 20.6. The van der Waals surface area contributed by atoms with E-state index in [4.69, 9.17) is 0 Å². The smallest absolute Gasteiger partial charge is 0.00468 e. The molecule has 0 aromatic heterocycles. The molecule has 5 unspecified atom stereocenters. The van der Waals surface area contributed by atoms with Gasteiger partial charge in [0.25, 0.3) is 0 Å². The molecule has 0 heterocycles. The van der Waals surface area contributed by atoms with Crippen molar-refractivity contribution < 1.29 is 0 Å². The van der Waals surface area contributed by atoms with Crippen LogP contribution in [0.5, 0.6) is 0 Å². The lowest BCUT2D eigenvalue weighted by molar-refractivity contribution is 0.0929. The van der Waals surface area contributed by atoms with E-state index in [2.05, 4.69) is 52.7 Å². The first-order valence-electron chi connectivity index (χ1n) is 12.4. The highest BCUT2D eigenvalue weighted by Crippen LogP contribution is 2.60. The molecule has 0 aromatic carbocycles. The SMILES string of the molecule is C=PC1CCC(=C)/C(=C\C=C2/CCCC3(C)C2CCC3C(C)CCCC(C)C)C1. The topological polar surface area (TPSA) is 0 Å². The fourth-order valence-corrected chi connectivity index (χ4v) is 7.45. The monoisotopic (exact) mass is 412 g/mol. The second-order valence-electron chi connectivity index (χ2n) is 11.0. The largest absolute Gasteiger partial charge is 0.109 e. The molecule has 3 rings (SSSR count). The van der Waals surface area contributed by atoms with Crippen LogP contribution in [0.25, 0.3) is 0 Å². The minimum Gasteiger partial charge on any atom is -0.109 e. The highest BCUT2D eigenvalue weighted by molar-refractivity contribution is 7.37. The molecule has 3 aliphatic rings. The van der Waals surface area contributed by atoms with Crippen molar-refractivity contribution in [3.63, 3.8) is 0 Å². The number of hydrogen-bond donors (Lipinski definition) is 0. The van der Waals surface area contributed by atoms with E-state index in [1.807, 2.05) is 0 Å². The van der Waals surface area contributed by atoms with Crippen LogP contribution >= 0.6 is 8.20 Å². The summed E-state index contributed by atoms with van der Waals surface area (Å²) in [4.78, 5) is 0. The Kier molecular flexibility index (Phi) is 8.06. The van der Waals surface area contributed by atoms with Gasteiger partial charge < -0.3 is 0 Å². The van der Waals surface area contributed by atoms with Crippen LogP contribution in [0.2, 0.25) is 0 Å². The lowest BCUT2D eigenvalue weighted by Crippen LogP contribution is -2.36. The molecule has 3 saturated carbocycles. The van der Waals surface area contributed by atoms with Gasteiger partial charge in [-0.1, -0.05) is 83.1 Å². The molecular formula is C28H45P. The highest BCUT2D eigenvalue weighted by atomic mass is 31.1. The van der Waals surface area contributed by atoms with E-state index in [1.165, 1.54) is 90.0 Å². The van der Waals surface area contributed by atoms with E-state index in [0.29, 0.717) is 5.41 Å². The Balaban J connectivity index is 1.70. The van der Waals surface area contributed by atoms with E-state index < -0.39 is 0 Å². The van der Waals surface area contributed by atoms with Gasteiger partial charge in [0, 0.05) is 5.66 Å². The Morgan fingerprint density at radius 2 is 1.90 bits per heavy atom. The molecule has 5 atom stereocenters. The maximum Gasteiger partial charge on any atom is 0.00468 e. The first-order chi connectivity index (χ1) is 13.8. The molecule has 0 radical (unpaired) electrons. The fraction of sp³-hybridized carbons (Fsp3) is 0.750. The van der Waals surface area contributed by atoms with Crippen LogP contribution in [0.3, 0.4) is 0 Å². The summed E-state index contributed by atoms with van der Waals surface area (Å²) < 4.78 is 0. The number of rotatable bonds is 7. The first-order valence-corrected chi connectivity index (χ1v) is 13.5. The number of allylic oxidation sites excluding steroid dienone is 5. The molecule has 0 spiro atoms. The Labute approximate surface area is 183 Å². The maximum atomic E-state index is 4.36. The summed E-state index contributed by atoms with van der Waals surface area (Å²) in [5.74, 6) is 3.49.